The normalized spacial score (nSPS) is 23.9. The predicted molar refractivity (Wildman–Crippen MR) is 97.4 cm³/mol. The zero-order valence-corrected chi connectivity index (χ0v) is 15.0. The van der Waals surface area contributed by atoms with Crippen LogP contribution in [-0.4, -0.2) is 52.0 Å². The Kier molecular flexibility index (Phi) is 5.11. The van der Waals surface area contributed by atoms with Crippen LogP contribution in [-0.2, 0) is 27.3 Å². The number of nitrogens with zero attached hydrogens (tertiary/aromatic N) is 3. The van der Waals surface area contributed by atoms with E-state index in [9.17, 15) is 9.59 Å². The number of amides is 2. The number of carbonyl (C=O) groups is 2. The molecule has 2 aromatic heterocycles. The first-order valence-electron chi connectivity index (χ1n) is 9.20. The summed E-state index contributed by atoms with van der Waals surface area (Å²) in [7, 11) is 0. The highest BCUT2D eigenvalue weighted by Crippen LogP contribution is 2.34. The Labute approximate surface area is 157 Å². The second-order valence-corrected chi connectivity index (χ2v) is 6.92. The van der Waals surface area contributed by atoms with Crippen molar-refractivity contribution in [3.8, 4) is 0 Å². The highest BCUT2D eigenvalue weighted by atomic mass is 16.5. The third kappa shape index (κ3) is 3.83. The first-order chi connectivity index (χ1) is 13.2. The molecule has 1 N–H and O–H groups in total. The van der Waals surface area contributed by atoms with Gasteiger partial charge in [0.15, 0.2) is 0 Å². The summed E-state index contributed by atoms with van der Waals surface area (Å²) in [4.78, 5) is 35.6. The average molecular weight is 366 g/mol. The molecule has 7 nitrogen and oxygen atoms in total. The minimum atomic E-state index is -0.346. The Morgan fingerprint density at radius 2 is 2.15 bits per heavy atom. The van der Waals surface area contributed by atoms with Crippen LogP contribution in [0.5, 0.6) is 0 Å². The smallest absolute Gasteiger partial charge is 0.228 e. The third-order valence-corrected chi connectivity index (χ3v) is 5.20. The van der Waals surface area contributed by atoms with Crippen molar-refractivity contribution in [2.75, 3.05) is 13.2 Å². The molecule has 2 fully saturated rings. The number of pyridine rings is 2. The van der Waals surface area contributed by atoms with Crippen LogP contribution in [0.4, 0.5) is 0 Å². The van der Waals surface area contributed by atoms with Crippen molar-refractivity contribution in [1.82, 2.24) is 20.2 Å². The Hall–Kier alpha value is -2.80. The fraction of sp³-hybridized carbons (Fsp3) is 0.400. The topological polar surface area (TPSA) is 84.4 Å². The number of nitrogens with one attached hydrogen (secondary N) is 1. The molecule has 2 aliphatic heterocycles. The van der Waals surface area contributed by atoms with Gasteiger partial charge in [0.2, 0.25) is 11.8 Å². The monoisotopic (exact) mass is 366 g/mol. The summed E-state index contributed by atoms with van der Waals surface area (Å²) in [5, 5.41) is 2.95. The number of hydrogen-bond donors (Lipinski definition) is 1. The minimum absolute atomic E-state index is 0.00300. The lowest BCUT2D eigenvalue weighted by molar-refractivity contribution is -0.131. The number of hydrogen-bond acceptors (Lipinski definition) is 5. The maximum absolute atomic E-state index is 12.8. The van der Waals surface area contributed by atoms with E-state index in [2.05, 4.69) is 15.3 Å². The molecular weight excluding hydrogens is 344 g/mol. The van der Waals surface area contributed by atoms with E-state index in [1.165, 1.54) is 0 Å². The molecule has 0 bridgehead atoms. The van der Waals surface area contributed by atoms with Gasteiger partial charge in [0.05, 0.1) is 24.5 Å². The third-order valence-electron chi connectivity index (χ3n) is 5.20. The first kappa shape index (κ1) is 17.6. The molecule has 140 valence electrons. The molecule has 0 aliphatic carbocycles. The summed E-state index contributed by atoms with van der Waals surface area (Å²) in [6.45, 7) is 1.39. The summed E-state index contributed by atoms with van der Waals surface area (Å²) in [6, 6.07) is 9.26. The molecule has 0 unspecified atom stereocenters. The highest BCUT2D eigenvalue weighted by molar-refractivity contribution is 5.84. The molecule has 2 saturated heterocycles. The van der Waals surface area contributed by atoms with Gasteiger partial charge in [0, 0.05) is 44.0 Å². The van der Waals surface area contributed by atoms with E-state index in [0.29, 0.717) is 19.7 Å². The van der Waals surface area contributed by atoms with Crippen LogP contribution < -0.4 is 5.32 Å². The van der Waals surface area contributed by atoms with E-state index in [1.807, 2.05) is 30.3 Å². The molecular formula is C20H22N4O3. The van der Waals surface area contributed by atoms with Crippen LogP contribution in [0, 0.1) is 5.92 Å². The van der Waals surface area contributed by atoms with E-state index in [1.54, 1.807) is 23.5 Å². The van der Waals surface area contributed by atoms with Crippen molar-refractivity contribution < 1.29 is 14.3 Å². The predicted octanol–water partition coefficient (Wildman–Crippen LogP) is 0.951. The zero-order valence-electron chi connectivity index (χ0n) is 15.0. The van der Waals surface area contributed by atoms with Crippen LogP contribution in [0.15, 0.2) is 48.9 Å². The summed E-state index contributed by atoms with van der Waals surface area (Å²) in [6.07, 6.45) is 5.89. The maximum Gasteiger partial charge on any atom is 0.228 e. The molecule has 0 spiro atoms. The van der Waals surface area contributed by atoms with Gasteiger partial charge in [-0.2, -0.15) is 0 Å². The van der Waals surface area contributed by atoms with Crippen molar-refractivity contribution >= 4 is 11.8 Å². The Balaban J connectivity index is 1.41. The Morgan fingerprint density at radius 1 is 1.22 bits per heavy atom. The SMILES string of the molecule is O=C(NCc1cccnc1)[C@@H]1CN(C(=O)Cc2ccccn2)[C@H]2CCO[C@H]12. The summed E-state index contributed by atoms with van der Waals surface area (Å²) in [5.41, 5.74) is 1.68. The molecule has 4 heterocycles. The molecule has 0 saturated carbocycles. The molecule has 2 amide bonds. The van der Waals surface area contributed by atoms with Gasteiger partial charge in [-0.15, -0.1) is 0 Å². The number of fused-ring (bicyclic) bond motifs is 1. The van der Waals surface area contributed by atoms with E-state index in [4.69, 9.17) is 4.74 Å². The molecule has 7 heteroatoms. The lowest BCUT2D eigenvalue weighted by Crippen LogP contribution is -2.38. The van der Waals surface area contributed by atoms with Crippen LogP contribution in [0.1, 0.15) is 17.7 Å². The maximum atomic E-state index is 12.8. The van der Waals surface area contributed by atoms with Gasteiger partial charge in [-0.05, 0) is 30.2 Å². The van der Waals surface area contributed by atoms with E-state index in [-0.39, 0.29) is 36.3 Å². The summed E-state index contributed by atoms with van der Waals surface area (Å²) < 4.78 is 5.81. The second kappa shape index (κ2) is 7.84. The van der Waals surface area contributed by atoms with Gasteiger partial charge in [0.1, 0.15) is 0 Å². The van der Waals surface area contributed by atoms with Crippen LogP contribution >= 0.6 is 0 Å². The van der Waals surface area contributed by atoms with Crippen LogP contribution in [0.2, 0.25) is 0 Å². The van der Waals surface area contributed by atoms with Crippen LogP contribution in [0.3, 0.4) is 0 Å². The average Bonchev–Trinajstić information content (AvgIpc) is 3.30. The lowest BCUT2D eigenvalue weighted by Gasteiger charge is -2.22. The minimum Gasteiger partial charge on any atom is -0.375 e. The summed E-state index contributed by atoms with van der Waals surface area (Å²) >= 11 is 0. The van der Waals surface area contributed by atoms with Gasteiger partial charge in [-0.1, -0.05) is 12.1 Å². The fourth-order valence-electron chi connectivity index (χ4n) is 3.87. The Bertz CT molecular complexity index is 799. The molecule has 4 rings (SSSR count). The largest absolute Gasteiger partial charge is 0.375 e. The van der Waals surface area contributed by atoms with Crippen molar-refractivity contribution in [1.29, 1.82) is 0 Å². The molecule has 0 aromatic carbocycles. The standard InChI is InChI=1S/C20H22N4O3/c25-18(10-15-5-1-2-8-22-15)24-13-16(19-17(24)6-9-27-19)20(26)23-12-14-4-3-7-21-11-14/h1-5,7-8,11,16-17,19H,6,9-10,12-13H2,(H,23,26)/t16-,17+,19-/m1/s1. The summed E-state index contributed by atoms with van der Waals surface area (Å²) in [5.74, 6) is -0.428. The van der Waals surface area contributed by atoms with E-state index < -0.39 is 0 Å². The molecule has 2 aromatic rings. The fourth-order valence-corrected chi connectivity index (χ4v) is 3.87. The quantitative estimate of drug-likeness (QED) is 0.852. The van der Waals surface area contributed by atoms with Crippen molar-refractivity contribution in [3.05, 3.63) is 60.2 Å². The highest BCUT2D eigenvalue weighted by Gasteiger charge is 2.50. The van der Waals surface area contributed by atoms with Gasteiger partial charge >= 0.3 is 0 Å². The van der Waals surface area contributed by atoms with E-state index in [0.717, 1.165) is 17.7 Å². The first-order valence-corrected chi connectivity index (χ1v) is 9.20. The lowest BCUT2D eigenvalue weighted by atomic mass is 10.0. The van der Waals surface area contributed by atoms with Gasteiger partial charge < -0.3 is 15.0 Å². The van der Waals surface area contributed by atoms with Crippen LogP contribution in [0.25, 0.3) is 0 Å². The number of rotatable bonds is 5. The zero-order chi connectivity index (χ0) is 18.6. The number of carbonyl (C=O) groups excluding carboxylic acids is 2. The van der Waals surface area contributed by atoms with E-state index >= 15 is 0 Å². The number of aromatic nitrogens is 2. The molecule has 0 radical (unpaired) electrons. The molecule has 3 atom stereocenters. The second-order valence-electron chi connectivity index (χ2n) is 6.92. The molecule has 2 aliphatic rings. The van der Waals surface area contributed by atoms with Crippen molar-refractivity contribution in [2.45, 2.75) is 31.5 Å². The molecule has 27 heavy (non-hydrogen) atoms. The van der Waals surface area contributed by atoms with Gasteiger partial charge in [0.25, 0.3) is 0 Å². The number of ether oxygens (including phenoxy) is 1. The Morgan fingerprint density at radius 3 is 2.93 bits per heavy atom. The van der Waals surface area contributed by atoms with Crippen molar-refractivity contribution in [3.63, 3.8) is 0 Å². The number of likely N-dealkylation sites (tertiary alicyclic amines) is 1. The van der Waals surface area contributed by atoms with Gasteiger partial charge in [-0.25, -0.2) is 0 Å². The van der Waals surface area contributed by atoms with Crippen molar-refractivity contribution in [2.24, 2.45) is 5.92 Å². The van der Waals surface area contributed by atoms with Gasteiger partial charge in [-0.3, -0.25) is 19.6 Å².